The van der Waals surface area contributed by atoms with Gasteiger partial charge in [0.15, 0.2) is 0 Å². The first-order valence-corrected chi connectivity index (χ1v) is 3.20. The van der Waals surface area contributed by atoms with E-state index in [1.807, 2.05) is 0 Å². The van der Waals surface area contributed by atoms with Gasteiger partial charge in [0.05, 0.1) is 6.10 Å². The lowest BCUT2D eigenvalue weighted by molar-refractivity contribution is 0.209. The monoisotopic (exact) mass is 141 g/mol. The Balaban J connectivity index is 2.59. The molecular formula is C7H11NO2. The maximum atomic E-state index is 8.95. The summed E-state index contributed by atoms with van der Waals surface area (Å²) in [5.41, 5.74) is 5.84. The summed E-state index contributed by atoms with van der Waals surface area (Å²) in [6.07, 6.45) is 4.20. The molecular weight excluding hydrogens is 130 g/mol. The van der Waals surface area contributed by atoms with Gasteiger partial charge in [0.25, 0.3) is 0 Å². The minimum absolute atomic E-state index is 0.414. The standard InChI is InChI=1S/C7H11NO2/c8-7(10)5-1-3-6(9)4-2-5/h1-3,6-7,9-10H,4,8H2. The quantitative estimate of drug-likeness (QED) is 0.432. The zero-order valence-corrected chi connectivity index (χ0v) is 5.57. The van der Waals surface area contributed by atoms with Gasteiger partial charge in [-0.1, -0.05) is 18.2 Å². The Bertz CT molecular complexity index is 172. The summed E-state index contributed by atoms with van der Waals surface area (Å²) in [6, 6.07) is 0. The first-order valence-electron chi connectivity index (χ1n) is 3.20. The van der Waals surface area contributed by atoms with Gasteiger partial charge in [-0.25, -0.2) is 0 Å². The van der Waals surface area contributed by atoms with Crippen LogP contribution in [0.25, 0.3) is 0 Å². The molecule has 56 valence electrons. The molecule has 0 aromatic rings. The van der Waals surface area contributed by atoms with E-state index in [2.05, 4.69) is 0 Å². The van der Waals surface area contributed by atoms with E-state index in [0.29, 0.717) is 12.0 Å². The molecule has 0 saturated heterocycles. The predicted molar refractivity (Wildman–Crippen MR) is 38.0 cm³/mol. The highest BCUT2D eigenvalue weighted by Gasteiger charge is 2.07. The Morgan fingerprint density at radius 3 is 2.80 bits per heavy atom. The number of aliphatic hydroxyl groups excluding tert-OH is 2. The van der Waals surface area contributed by atoms with Gasteiger partial charge >= 0.3 is 0 Å². The molecule has 0 amide bonds. The molecule has 0 aliphatic heterocycles. The van der Waals surface area contributed by atoms with Crippen molar-refractivity contribution in [2.75, 3.05) is 0 Å². The fourth-order valence-corrected chi connectivity index (χ4v) is 0.845. The highest BCUT2D eigenvalue weighted by Crippen LogP contribution is 2.11. The van der Waals surface area contributed by atoms with Gasteiger partial charge in [-0.2, -0.15) is 0 Å². The average Bonchev–Trinajstić information content (AvgIpc) is 1.88. The van der Waals surface area contributed by atoms with Gasteiger partial charge in [-0.15, -0.1) is 0 Å². The van der Waals surface area contributed by atoms with Gasteiger partial charge < -0.3 is 15.9 Å². The van der Waals surface area contributed by atoms with E-state index in [1.54, 1.807) is 18.2 Å². The number of rotatable bonds is 1. The summed E-state index contributed by atoms with van der Waals surface area (Å²) < 4.78 is 0. The third-order valence-corrected chi connectivity index (χ3v) is 1.45. The van der Waals surface area contributed by atoms with Crippen molar-refractivity contribution in [1.82, 2.24) is 0 Å². The van der Waals surface area contributed by atoms with E-state index >= 15 is 0 Å². The average molecular weight is 141 g/mol. The predicted octanol–water partition coefficient (Wildman–Crippen LogP) is -0.489. The number of aliphatic hydroxyl groups is 2. The molecule has 10 heavy (non-hydrogen) atoms. The van der Waals surface area contributed by atoms with E-state index in [9.17, 15) is 0 Å². The Morgan fingerprint density at radius 2 is 2.40 bits per heavy atom. The van der Waals surface area contributed by atoms with Crippen molar-refractivity contribution >= 4 is 0 Å². The third kappa shape index (κ3) is 1.67. The van der Waals surface area contributed by atoms with E-state index < -0.39 is 12.3 Å². The van der Waals surface area contributed by atoms with Gasteiger partial charge in [0.2, 0.25) is 0 Å². The van der Waals surface area contributed by atoms with Crippen molar-refractivity contribution in [3.63, 3.8) is 0 Å². The van der Waals surface area contributed by atoms with Crippen molar-refractivity contribution in [1.29, 1.82) is 0 Å². The van der Waals surface area contributed by atoms with Gasteiger partial charge in [0.1, 0.15) is 6.23 Å². The normalized spacial score (nSPS) is 27.9. The van der Waals surface area contributed by atoms with Crippen LogP contribution in [0.1, 0.15) is 6.42 Å². The molecule has 1 aliphatic carbocycles. The van der Waals surface area contributed by atoms with Crippen molar-refractivity contribution in [3.8, 4) is 0 Å². The summed E-state index contributed by atoms with van der Waals surface area (Å²) in [7, 11) is 0. The van der Waals surface area contributed by atoms with Crippen LogP contribution in [-0.2, 0) is 0 Å². The smallest absolute Gasteiger partial charge is 0.128 e. The molecule has 0 aromatic carbocycles. The summed E-state index contributed by atoms with van der Waals surface area (Å²) in [5.74, 6) is 0. The Morgan fingerprint density at radius 1 is 1.70 bits per heavy atom. The lowest BCUT2D eigenvalue weighted by atomic mass is 10.0. The molecule has 0 spiro atoms. The van der Waals surface area contributed by atoms with E-state index in [-0.39, 0.29) is 0 Å². The van der Waals surface area contributed by atoms with Crippen LogP contribution in [-0.4, -0.2) is 22.5 Å². The fourth-order valence-electron chi connectivity index (χ4n) is 0.845. The topological polar surface area (TPSA) is 66.5 Å². The largest absolute Gasteiger partial charge is 0.389 e. The van der Waals surface area contributed by atoms with Crippen LogP contribution in [0.5, 0.6) is 0 Å². The molecule has 3 heteroatoms. The minimum Gasteiger partial charge on any atom is -0.389 e. The van der Waals surface area contributed by atoms with E-state index in [0.717, 1.165) is 0 Å². The molecule has 4 N–H and O–H groups in total. The Labute approximate surface area is 59.5 Å². The summed E-state index contributed by atoms with van der Waals surface area (Å²) >= 11 is 0. The van der Waals surface area contributed by atoms with E-state index in [1.165, 1.54) is 0 Å². The Kier molecular flexibility index (Phi) is 2.21. The van der Waals surface area contributed by atoms with Gasteiger partial charge in [-0.05, 0) is 12.0 Å². The van der Waals surface area contributed by atoms with Crippen LogP contribution in [0.3, 0.4) is 0 Å². The second kappa shape index (κ2) is 2.96. The molecule has 2 atom stereocenters. The maximum absolute atomic E-state index is 8.95. The molecule has 0 heterocycles. The number of hydrogen-bond donors (Lipinski definition) is 3. The van der Waals surface area contributed by atoms with Crippen LogP contribution >= 0.6 is 0 Å². The fraction of sp³-hybridized carbons (Fsp3) is 0.429. The highest BCUT2D eigenvalue weighted by molar-refractivity contribution is 5.26. The summed E-state index contributed by atoms with van der Waals surface area (Å²) in [6.45, 7) is 0. The molecule has 0 bridgehead atoms. The van der Waals surface area contributed by atoms with Gasteiger partial charge in [0, 0.05) is 0 Å². The molecule has 0 radical (unpaired) electrons. The molecule has 0 fully saturated rings. The zero-order valence-electron chi connectivity index (χ0n) is 5.57. The van der Waals surface area contributed by atoms with Crippen molar-refractivity contribution in [2.24, 2.45) is 5.73 Å². The van der Waals surface area contributed by atoms with Crippen molar-refractivity contribution in [3.05, 3.63) is 23.8 Å². The van der Waals surface area contributed by atoms with E-state index in [4.69, 9.17) is 15.9 Å². The summed E-state index contributed by atoms with van der Waals surface area (Å²) in [4.78, 5) is 0. The number of hydrogen-bond acceptors (Lipinski definition) is 3. The van der Waals surface area contributed by atoms with Crippen molar-refractivity contribution < 1.29 is 10.2 Å². The first-order chi connectivity index (χ1) is 4.70. The maximum Gasteiger partial charge on any atom is 0.128 e. The van der Waals surface area contributed by atoms with Crippen LogP contribution in [0, 0.1) is 0 Å². The lowest BCUT2D eigenvalue weighted by Crippen LogP contribution is -2.22. The van der Waals surface area contributed by atoms with Crippen molar-refractivity contribution in [2.45, 2.75) is 18.8 Å². The zero-order chi connectivity index (χ0) is 7.56. The lowest BCUT2D eigenvalue weighted by Gasteiger charge is -2.12. The summed E-state index contributed by atoms with van der Waals surface area (Å²) in [5, 5.41) is 17.8. The Hall–Kier alpha value is -0.640. The highest BCUT2D eigenvalue weighted by atomic mass is 16.3. The second-order valence-electron chi connectivity index (χ2n) is 2.31. The second-order valence-corrected chi connectivity index (χ2v) is 2.31. The number of nitrogens with two attached hydrogens (primary N) is 1. The molecule has 0 saturated carbocycles. The van der Waals surface area contributed by atoms with Crippen LogP contribution in [0.2, 0.25) is 0 Å². The minimum atomic E-state index is -0.913. The molecule has 1 rings (SSSR count). The SMILES string of the molecule is NC(O)C1=CCC(O)C=C1. The van der Waals surface area contributed by atoms with Crippen LogP contribution < -0.4 is 5.73 Å². The molecule has 3 nitrogen and oxygen atoms in total. The molecule has 0 aromatic heterocycles. The molecule has 2 unspecified atom stereocenters. The van der Waals surface area contributed by atoms with Gasteiger partial charge in [-0.3, -0.25) is 0 Å². The van der Waals surface area contributed by atoms with Crippen LogP contribution in [0.15, 0.2) is 23.8 Å². The van der Waals surface area contributed by atoms with Crippen LogP contribution in [0.4, 0.5) is 0 Å². The third-order valence-electron chi connectivity index (χ3n) is 1.45. The molecule has 1 aliphatic rings. The first kappa shape index (κ1) is 7.47.